The van der Waals surface area contributed by atoms with Gasteiger partial charge in [0.1, 0.15) is 0 Å². The van der Waals surface area contributed by atoms with E-state index in [-0.39, 0.29) is 0 Å². The molecule has 0 saturated carbocycles. The monoisotopic (exact) mass is 192 g/mol. The van der Waals surface area contributed by atoms with Crippen molar-refractivity contribution in [3.63, 3.8) is 0 Å². The summed E-state index contributed by atoms with van der Waals surface area (Å²) in [4.78, 5) is 0. The molecular weight excluding hydrogens is 192 g/mol. The summed E-state index contributed by atoms with van der Waals surface area (Å²) in [5, 5.41) is 15.3. The third-order valence-corrected chi connectivity index (χ3v) is 0.653. The van der Waals surface area contributed by atoms with E-state index in [0.29, 0.717) is 0 Å². The third kappa shape index (κ3) is 5.32. The van der Waals surface area contributed by atoms with Gasteiger partial charge in [-0.05, 0) is 0 Å². The van der Waals surface area contributed by atoms with Crippen LogP contribution in [0.2, 0.25) is 0 Å². The third-order valence-electron chi connectivity index (χ3n) is 0.110. The van der Waals surface area contributed by atoms with Gasteiger partial charge in [0.05, 0.1) is 0 Å². The molecule has 0 aromatic heterocycles. The van der Waals surface area contributed by atoms with E-state index in [1.54, 1.807) is 0 Å². The molecule has 0 aromatic carbocycles. The van der Waals surface area contributed by atoms with E-state index in [1.807, 2.05) is 0 Å². The van der Waals surface area contributed by atoms with Gasteiger partial charge < -0.3 is 0 Å². The molecule has 0 atom stereocenters. The van der Waals surface area contributed by atoms with E-state index >= 15 is 0 Å². The topological polar surface area (TPSA) is 66.0 Å². The SMILES string of the molecule is N#C[O][AgH][O]C#N. The summed E-state index contributed by atoms with van der Waals surface area (Å²) in [6, 6.07) is 0. The Bertz CT molecular complexity index is 97.8. The van der Waals surface area contributed by atoms with Crippen molar-refractivity contribution in [1.29, 1.82) is 10.5 Å². The molecule has 0 aliphatic rings. The minimum atomic E-state index is -0.654. The van der Waals surface area contributed by atoms with Gasteiger partial charge in [-0.25, -0.2) is 0 Å². The zero-order chi connectivity index (χ0) is 5.54. The van der Waals surface area contributed by atoms with Crippen LogP contribution >= 0.6 is 0 Å². The van der Waals surface area contributed by atoms with Crippen LogP contribution in [0.15, 0.2) is 0 Å². The molecule has 42 valence electrons. The van der Waals surface area contributed by atoms with Crippen LogP contribution in [0.1, 0.15) is 0 Å². The van der Waals surface area contributed by atoms with Crippen LogP contribution in [-0.4, -0.2) is 0 Å². The van der Waals surface area contributed by atoms with Crippen molar-refractivity contribution in [3.8, 4) is 12.5 Å². The molecule has 0 unspecified atom stereocenters. The zero-order valence-corrected chi connectivity index (χ0v) is 4.58. The first-order valence-corrected chi connectivity index (χ1v) is 2.38. The Morgan fingerprint density at radius 1 is 1.14 bits per heavy atom. The molecule has 0 N–H and O–H groups in total. The summed E-state index contributed by atoms with van der Waals surface area (Å²) < 4.78 is 7.97. The molecule has 0 saturated heterocycles. The predicted octanol–water partition coefficient (Wildman–Crippen LogP) is -0.373. The van der Waals surface area contributed by atoms with Gasteiger partial charge in [-0.3, -0.25) is 0 Å². The summed E-state index contributed by atoms with van der Waals surface area (Å²) in [7, 11) is 0. The normalized spacial score (nSPS) is 6.00. The second kappa shape index (κ2) is 5.32. The van der Waals surface area contributed by atoms with Crippen molar-refractivity contribution >= 4 is 0 Å². The first-order chi connectivity index (χ1) is 3.41. The van der Waals surface area contributed by atoms with E-state index < -0.39 is 20.5 Å². The van der Waals surface area contributed by atoms with Crippen molar-refractivity contribution in [2.45, 2.75) is 0 Å². The summed E-state index contributed by atoms with van der Waals surface area (Å²) in [6.07, 6.45) is 2.70. The molecule has 4 nitrogen and oxygen atoms in total. The molecule has 0 rings (SSSR count). The van der Waals surface area contributed by atoms with Crippen LogP contribution in [0.3, 0.4) is 0 Å². The molecule has 0 radical (unpaired) electrons. The van der Waals surface area contributed by atoms with Crippen LogP contribution in [-0.2, 0) is 27.0 Å². The maximum absolute atomic E-state index is 7.64. The van der Waals surface area contributed by atoms with Crippen LogP contribution in [0.4, 0.5) is 0 Å². The Hall–Kier alpha value is -0.680. The number of nitriles is 2. The summed E-state index contributed by atoms with van der Waals surface area (Å²) >= 11 is -0.654. The number of hydrogen-bond donors (Lipinski definition) is 0. The molecule has 0 spiro atoms. The number of rotatable bonds is 2. The summed E-state index contributed by atoms with van der Waals surface area (Å²) in [5.74, 6) is 0. The van der Waals surface area contributed by atoms with Crippen molar-refractivity contribution < 1.29 is 27.0 Å². The molecule has 0 fully saturated rings. The molecule has 0 aromatic rings. The van der Waals surface area contributed by atoms with Gasteiger partial charge in [0.15, 0.2) is 0 Å². The fraction of sp³-hybridized carbons (Fsp3) is 0. The van der Waals surface area contributed by atoms with Gasteiger partial charge in [-0.2, -0.15) is 0 Å². The average Bonchev–Trinajstić information content (AvgIpc) is 1.69. The predicted molar refractivity (Wildman–Crippen MR) is 14.8 cm³/mol. The van der Waals surface area contributed by atoms with Gasteiger partial charge in [-0.1, -0.05) is 0 Å². The van der Waals surface area contributed by atoms with Crippen molar-refractivity contribution in [1.82, 2.24) is 0 Å². The van der Waals surface area contributed by atoms with E-state index in [9.17, 15) is 0 Å². The Kier molecular flexibility index (Phi) is 4.80. The Morgan fingerprint density at radius 2 is 1.57 bits per heavy atom. The fourth-order valence-electron chi connectivity index (χ4n) is 0.0367. The quantitative estimate of drug-likeness (QED) is 0.340. The Balaban J connectivity index is 2.77. The van der Waals surface area contributed by atoms with E-state index in [1.165, 1.54) is 12.5 Å². The number of hydrogen-bond acceptors (Lipinski definition) is 4. The second-order valence-electron chi connectivity index (χ2n) is 0.364. The molecule has 0 aliphatic carbocycles. The van der Waals surface area contributed by atoms with Gasteiger partial charge in [0, 0.05) is 0 Å². The second-order valence-corrected chi connectivity index (χ2v) is 1.26. The van der Waals surface area contributed by atoms with Crippen LogP contribution in [0.25, 0.3) is 0 Å². The summed E-state index contributed by atoms with van der Waals surface area (Å²) in [5.41, 5.74) is 0. The van der Waals surface area contributed by atoms with Crippen LogP contribution < -0.4 is 0 Å². The standard InChI is InChI=1S/2CHNO.Ag.H/c2*2-1-3;;/h2*3H;;/q;;+2;/p-2. The minimum absolute atomic E-state index is 0.654. The summed E-state index contributed by atoms with van der Waals surface area (Å²) in [6.45, 7) is 0. The molecule has 0 heterocycles. The molecule has 0 aliphatic heterocycles. The maximum atomic E-state index is 7.64. The molecular formula is C2HAgN2O2. The average molecular weight is 193 g/mol. The van der Waals surface area contributed by atoms with E-state index in [4.69, 9.17) is 10.5 Å². The van der Waals surface area contributed by atoms with Crippen molar-refractivity contribution in [3.05, 3.63) is 0 Å². The molecule has 5 heteroatoms. The molecule has 7 heavy (non-hydrogen) atoms. The van der Waals surface area contributed by atoms with Crippen LogP contribution in [0, 0.1) is 23.0 Å². The molecule has 0 bridgehead atoms. The fourth-order valence-corrected chi connectivity index (χ4v) is 0.217. The first kappa shape index (κ1) is 6.32. The molecule has 0 amide bonds. The zero-order valence-electron chi connectivity index (χ0n) is 3.03. The van der Waals surface area contributed by atoms with Gasteiger partial charge in [-0.15, -0.1) is 0 Å². The van der Waals surface area contributed by atoms with Crippen molar-refractivity contribution in [2.24, 2.45) is 0 Å². The Morgan fingerprint density at radius 3 is 1.86 bits per heavy atom. The van der Waals surface area contributed by atoms with E-state index in [0.717, 1.165) is 0 Å². The van der Waals surface area contributed by atoms with Gasteiger partial charge in [0.2, 0.25) is 0 Å². The van der Waals surface area contributed by atoms with Gasteiger partial charge in [0.25, 0.3) is 0 Å². The van der Waals surface area contributed by atoms with E-state index in [2.05, 4.69) is 6.49 Å². The van der Waals surface area contributed by atoms with Crippen molar-refractivity contribution in [2.75, 3.05) is 0 Å². The number of nitrogens with zero attached hydrogens (tertiary/aromatic N) is 2. The van der Waals surface area contributed by atoms with Gasteiger partial charge >= 0.3 is 50.1 Å². The Labute approximate surface area is 50.6 Å². The first-order valence-electron chi connectivity index (χ1n) is 1.11. The van der Waals surface area contributed by atoms with Crippen LogP contribution in [0.5, 0.6) is 0 Å².